The number of ether oxygens (including phenoxy) is 1. The highest BCUT2D eigenvalue weighted by molar-refractivity contribution is 6.60. The summed E-state index contributed by atoms with van der Waals surface area (Å²) in [6.07, 6.45) is 0.522. The van der Waals surface area contributed by atoms with E-state index in [0.717, 1.165) is 6.08 Å². The fourth-order valence-corrected chi connectivity index (χ4v) is 3.57. The highest BCUT2D eigenvalue weighted by Gasteiger charge is 2.44. The van der Waals surface area contributed by atoms with Crippen molar-refractivity contribution in [2.75, 3.05) is 26.1 Å². The topological polar surface area (TPSA) is 74.2 Å². The van der Waals surface area contributed by atoms with Crippen molar-refractivity contribution in [2.45, 2.75) is 26.9 Å². The van der Waals surface area contributed by atoms with E-state index in [1.807, 2.05) is 0 Å². The lowest BCUT2D eigenvalue weighted by Gasteiger charge is -2.30. The third-order valence-corrected chi connectivity index (χ3v) is 4.64. The van der Waals surface area contributed by atoms with Crippen LogP contribution in [0.15, 0.2) is 12.7 Å². The van der Waals surface area contributed by atoms with Crippen molar-refractivity contribution in [1.82, 2.24) is 0 Å². The van der Waals surface area contributed by atoms with Gasteiger partial charge in [0.1, 0.15) is 0 Å². The smallest absolute Gasteiger partial charge is 0.458 e. The van der Waals surface area contributed by atoms with Crippen LogP contribution in [0.4, 0.5) is 0 Å². The molecule has 0 amide bonds. The number of aliphatic hydroxyl groups excluding tert-OH is 1. The van der Waals surface area contributed by atoms with E-state index in [0.29, 0.717) is 13.2 Å². The molecule has 0 aromatic carbocycles. The van der Waals surface area contributed by atoms with Gasteiger partial charge in [-0.1, -0.05) is 6.58 Å². The maximum atomic E-state index is 11.1. The number of rotatable bonds is 10. The van der Waals surface area contributed by atoms with E-state index in [1.54, 1.807) is 20.8 Å². The van der Waals surface area contributed by atoms with E-state index in [-0.39, 0.29) is 12.8 Å². The second-order valence-electron chi connectivity index (χ2n) is 3.47. The van der Waals surface area contributed by atoms with Gasteiger partial charge < -0.3 is 23.1 Å². The molecule has 0 spiro atoms. The highest BCUT2D eigenvalue weighted by atomic mass is 28.4. The Kier molecular flexibility index (Phi) is 8.85. The fraction of sp³-hybridized carbons (Fsp3) is 0.727. The third kappa shape index (κ3) is 6.27. The van der Waals surface area contributed by atoms with Gasteiger partial charge in [-0.05, 0) is 20.8 Å². The molecule has 0 aromatic rings. The molecule has 0 rings (SSSR count). The summed E-state index contributed by atoms with van der Waals surface area (Å²) in [7, 11) is -3.11. The number of hydrogen-bond acceptors (Lipinski definition) is 6. The van der Waals surface area contributed by atoms with Crippen molar-refractivity contribution in [1.29, 1.82) is 0 Å². The summed E-state index contributed by atoms with van der Waals surface area (Å²) in [4.78, 5) is 11.1. The summed E-state index contributed by atoms with van der Waals surface area (Å²) < 4.78 is 21.6. The van der Waals surface area contributed by atoms with E-state index in [1.165, 1.54) is 0 Å². The van der Waals surface area contributed by atoms with Crippen LogP contribution in [0, 0.1) is 0 Å². The molecule has 0 bridgehead atoms. The van der Waals surface area contributed by atoms with Gasteiger partial charge in [-0.3, -0.25) is 0 Å². The van der Waals surface area contributed by atoms with Gasteiger partial charge in [0.25, 0.3) is 0 Å². The van der Waals surface area contributed by atoms with Crippen LogP contribution in [0.25, 0.3) is 0 Å². The second-order valence-corrected chi connectivity index (χ2v) is 5.94. The molecular formula is C11H22O6Si. The maximum absolute atomic E-state index is 11.1. The van der Waals surface area contributed by atoms with Gasteiger partial charge in [0.05, 0.1) is 12.7 Å². The molecule has 1 atom stereocenters. The van der Waals surface area contributed by atoms with Crippen molar-refractivity contribution in [2.24, 2.45) is 0 Å². The molecule has 6 nitrogen and oxygen atoms in total. The molecule has 1 unspecified atom stereocenters. The number of esters is 1. The first-order valence-corrected chi connectivity index (χ1v) is 7.82. The van der Waals surface area contributed by atoms with Crippen molar-refractivity contribution < 1.29 is 27.9 Å². The van der Waals surface area contributed by atoms with Crippen LogP contribution in [0.3, 0.4) is 0 Å². The van der Waals surface area contributed by atoms with Gasteiger partial charge in [0.2, 0.25) is 0 Å². The average molecular weight is 278 g/mol. The minimum Gasteiger partial charge on any atom is -0.458 e. The predicted octanol–water partition coefficient (Wildman–Crippen LogP) is 0.664. The summed E-state index contributed by atoms with van der Waals surface area (Å²) in [5.74, 6) is -0.563. The SMILES string of the molecule is C=CC(=O)OC[Si](OCC)(OCC)OC(C)CO. The zero-order valence-electron chi connectivity index (χ0n) is 11.2. The number of carbonyl (C=O) groups is 1. The van der Waals surface area contributed by atoms with Crippen LogP contribution in [0.2, 0.25) is 0 Å². The van der Waals surface area contributed by atoms with Crippen molar-refractivity contribution in [3.8, 4) is 0 Å². The molecule has 1 N–H and O–H groups in total. The van der Waals surface area contributed by atoms with Crippen LogP contribution >= 0.6 is 0 Å². The quantitative estimate of drug-likeness (QED) is 0.359. The van der Waals surface area contributed by atoms with Gasteiger partial charge in [-0.25, -0.2) is 4.79 Å². The summed E-state index contributed by atoms with van der Waals surface area (Å²) in [5, 5.41) is 9.02. The van der Waals surface area contributed by atoms with Gasteiger partial charge >= 0.3 is 14.8 Å². The Bertz CT molecular complexity index is 252. The first kappa shape index (κ1) is 17.3. The van der Waals surface area contributed by atoms with E-state index in [2.05, 4.69) is 6.58 Å². The van der Waals surface area contributed by atoms with Crippen molar-refractivity contribution in [3.63, 3.8) is 0 Å². The highest BCUT2D eigenvalue weighted by Crippen LogP contribution is 2.13. The van der Waals surface area contributed by atoms with E-state index >= 15 is 0 Å². The first-order valence-electron chi connectivity index (χ1n) is 5.89. The molecule has 7 heteroatoms. The Morgan fingerprint density at radius 2 is 1.94 bits per heavy atom. The lowest BCUT2D eigenvalue weighted by atomic mass is 10.5. The average Bonchev–Trinajstić information content (AvgIpc) is 2.36. The van der Waals surface area contributed by atoms with E-state index in [9.17, 15) is 4.79 Å². The third-order valence-electron chi connectivity index (χ3n) is 1.92. The van der Waals surface area contributed by atoms with Crippen LogP contribution in [0.1, 0.15) is 20.8 Å². The first-order chi connectivity index (χ1) is 8.53. The molecule has 0 saturated carbocycles. The number of aliphatic hydroxyl groups is 1. The maximum Gasteiger partial charge on any atom is 0.541 e. The van der Waals surface area contributed by atoms with Crippen LogP contribution in [-0.2, 0) is 22.8 Å². The van der Waals surface area contributed by atoms with E-state index in [4.69, 9.17) is 23.1 Å². The molecule has 0 aromatic heterocycles. The minimum absolute atomic E-state index is 0.0934. The van der Waals surface area contributed by atoms with Gasteiger partial charge in [0.15, 0.2) is 6.23 Å². The molecule has 0 heterocycles. The summed E-state index contributed by atoms with van der Waals surface area (Å²) >= 11 is 0. The zero-order valence-corrected chi connectivity index (χ0v) is 12.2. The van der Waals surface area contributed by atoms with Gasteiger partial charge in [0, 0.05) is 19.3 Å². The van der Waals surface area contributed by atoms with Crippen molar-refractivity contribution in [3.05, 3.63) is 12.7 Å². The molecule has 0 aliphatic rings. The second kappa shape index (κ2) is 9.23. The Hall–Kier alpha value is -0.733. The summed E-state index contributed by atoms with van der Waals surface area (Å²) in [6, 6.07) is 0. The molecule has 18 heavy (non-hydrogen) atoms. The van der Waals surface area contributed by atoms with Gasteiger partial charge in [-0.15, -0.1) is 0 Å². The fourth-order valence-electron chi connectivity index (χ4n) is 1.23. The molecule has 0 radical (unpaired) electrons. The van der Waals surface area contributed by atoms with Crippen molar-refractivity contribution >= 4 is 14.8 Å². The summed E-state index contributed by atoms with van der Waals surface area (Å²) in [6.45, 7) is 9.17. The Morgan fingerprint density at radius 1 is 1.39 bits per heavy atom. The van der Waals surface area contributed by atoms with Crippen LogP contribution in [-0.4, -0.2) is 52.0 Å². The Morgan fingerprint density at radius 3 is 2.33 bits per heavy atom. The number of hydrogen-bond donors (Lipinski definition) is 1. The number of carbonyl (C=O) groups excluding carboxylic acids is 1. The standard InChI is InChI=1S/C11H22O6Si/c1-5-11(13)14-9-18(15-6-2,16-7-3)17-10(4)8-12/h5,10,12H,1,6-9H2,2-4H3. The lowest BCUT2D eigenvalue weighted by molar-refractivity contribution is -0.138. The molecule has 0 fully saturated rings. The van der Waals surface area contributed by atoms with Gasteiger partial charge in [-0.2, -0.15) is 0 Å². The Balaban J connectivity index is 4.71. The molecule has 106 valence electrons. The van der Waals surface area contributed by atoms with Crippen LogP contribution < -0.4 is 0 Å². The normalized spacial score (nSPS) is 13.1. The lowest BCUT2D eigenvalue weighted by Crippen LogP contribution is -2.53. The molecule has 0 saturated heterocycles. The molecular weight excluding hydrogens is 256 g/mol. The van der Waals surface area contributed by atoms with Crippen LogP contribution in [0.5, 0.6) is 0 Å². The van der Waals surface area contributed by atoms with E-state index < -0.39 is 20.9 Å². The summed E-state index contributed by atoms with van der Waals surface area (Å²) in [5.41, 5.74) is 0. The Labute approximate surface area is 109 Å². The molecule has 0 aliphatic carbocycles. The largest absolute Gasteiger partial charge is 0.541 e. The molecule has 0 aliphatic heterocycles. The zero-order chi connectivity index (χ0) is 14.0. The predicted molar refractivity (Wildman–Crippen MR) is 67.8 cm³/mol. The monoisotopic (exact) mass is 278 g/mol. The minimum atomic E-state index is -3.11.